The number of carbonyl (C=O) groups excluding carboxylic acids is 2. The molecule has 31 heavy (non-hydrogen) atoms. The van der Waals surface area contributed by atoms with Crippen LogP contribution in [0, 0.1) is 13.8 Å². The average molecular weight is 419 g/mol. The highest BCUT2D eigenvalue weighted by Crippen LogP contribution is 2.28. The van der Waals surface area contributed by atoms with Crippen LogP contribution >= 0.6 is 0 Å². The molecule has 0 atom stereocenters. The van der Waals surface area contributed by atoms with Crippen LogP contribution in [0.5, 0.6) is 0 Å². The molecule has 0 aliphatic heterocycles. The topological polar surface area (TPSA) is 98.7 Å². The van der Waals surface area contributed by atoms with E-state index < -0.39 is 5.97 Å². The number of amides is 1. The van der Waals surface area contributed by atoms with Crippen molar-refractivity contribution < 1.29 is 23.3 Å². The molecule has 8 heteroatoms. The molecule has 0 aliphatic rings. The minimum Gasteiger partial charge on any atom is -0.465 e. The number of rotatable bonds is 5. The van der Waals surface area contributed by atoms with Crippen LogP contribution < -0.4 is 0 Å². The van der Waals surface area contributed by atoms with Crippen molar-refractivity contribution in [2.75, 3.05) is 14.2 Å². The Kier molecular flexibility index (Phi) is 5.29. The van der Waals surface area contributed by atoms with E-state index in [9.17, 15) is 9.59 Å². The summed E-state index contributed by atoms with van der Waals surface area (Å²) in [7, 11) is 2.97. The largest absolute Gasteiger partial charge is 0.465 e. The maximum atomic E-state index is 13.4. The fourth-order valence-electron chi connectivity index (χ4n) is 3.47. The van der Waals surface area contributed by atoms with E-state index in [0.717, 1.165) is 5.56 Å². The number of pyridine rings is 1. The highest BCUT2D eigenvalue weighted by Gasteiger charge is 2.23. The number of aryl methyl sites for hydroxylation is 2. The number of ether oxygens (including phenoxy) is 1. The highest BCUT2D eigenvalue weighted by atomic mass is 16.5. The van der Waals surface area contributed by atoms with Gasteiger partial charge < -0.3 is 18.6 Å². The normalized spacial score (nSPS) is 11.0. The van der Waals surface area contributed by atoms with E-state index >= 15 is 0 Å². The molecule has 4 rings (SSSR count). The summed E-state index contributed by atoms with van der Waals surface area (Å²) in [4.78, 5) is 31.2. The molecule has 1 amide bonds. The molecule has 0 saturated carbocycles. The lowest BCUT2D eigenvalue weighted by Crippen LogP contribution is -2.26. The molecule has 0 radical (unpaired) electrons. The summed E-state index contributed by atoms with van der Waals surface area (Å²) >= 11 is 0. The first-order valence-corrected chi connectivity index (χ1v) is 9.64. The molecule has 0 aliphatic carbocycles. The maximum Gasteiger partial charge on any atom is 0.341 e. The predicted octanol–water partition coefficient (Wildman–Crippen LogP) is 4.16. The Hall–Kier alpha value is -3.94. The van der Waals surface area contributed by atoms with Crippen LogP contribution in [0.15, 0.2) is 51.4 Å². The van der Waals surface area contributed by atoms with Crippen LogP contribution in [-0.2, 0) is 11.3 Å². The van der Waals surface area contributed by atoms with Crippen molar-refractivity contribution in [3.63, 3.8) is 0 Å². The third kappa shape index (κ3) is 3.79. The molecule has 8 nitrogen and oxygen atoms in total. The van der Waals surface area contributed by atoms with Crippen LogP contribution in [0.2, 0.25) is 0 Å². The minimum atomic E-state index is -0.482. The Morgan fingerprint density at radius 3 is 2.55 bits per heavy atom. The predicted molar refractivity (Wildman–Crippen MR) is 113 cm³/mol. The van der Waals surface area contributed by atoms with Gasteiger partial charge in [0.2, 0.25) is 0 Å². The van der Waals surface area contributed by atoms with E-state index in [-0.39, 0.29) is 12.5 Å². The summed E-state index contributed by atoms with van der Waals surface area (Å²) in [5.74, 6) is 0.189. The number of esters is 1. The molecule has 3 heterocycles. The molecule has 0 unspecified atom stereocenters. The zero-order valence-electron chi connectivity index (χ0n) is 17.6. The second-order valence-electron chi connectivity index (χ2n) is 7.20. The Bertz CT molecular complexity index is 1270. The molecule has 0 saturated heterocycles. The van der Waals surface area contributed by atoms with Crippen LogP contribution in [0.1, 0.15) is 37.9 Å². The van der Waals surface area contributed by atoms with Crippen LogP contribution in [0.4, 0.5) is 0 Å². The van der Waals surface area contributed by atoms with Gasteiger partial charge in [-0.15, -0.1) is 0 Å². The van der Waals surface area contributed by atoms with Crippen LogP contribution in [0.3, 0.4) is 0 Å². The average Bonchev–Trinajstić information content (AvgIpc) is 3.34. The molecular formula is C23H21N3O5. The van der Waals surface area contributed by atoms with E-state index in [4.69, 9.17) is 13.7 Å². The molecule has 0 N–H and O–H groups in total. The number of hydrogen-bond acceptors (Lipinski definition) is 7. The van der Waals surface area contributed by atoms with E-state index in [0.29, 0.717) is 45.1 Å². The number of nitrogens with zero attached hydrogens (tertiary/aromatic N) is 3. The van der Waals surface area contributed by atoms with Crippen LogP contribution in [0.25, 0.3) is 22.4 Å². The van der Waals surface area contributed by atoms with E-state index in [1.54, 1.807) is 33.0 Å². The zero-order valence-corrected chi connectivity index (χ0v) is 17.6. The summed E-state index contributed by atoms with van der Waals surface area (Å²) in [6.45, 7) is 3.62. The Morgan fingerprint density at radius 2 is 1.84 bits per heavy atom. The van der Waals surface area contributed by atoms with Gasteiger partial charge in [0, 0.05) is 12.6 Å². The molecule has 158 valence electrons. The monoisotopic (exact) mass is 419 g/mol. The fourth-order valence-corrected chi connectivity index (χ4v) is 3.47. The van der Waals surface area contributed by atoms with Gasteiger partial charge in [0.05, 0.1) is 36.0 Å². The van der Waals surface area contributed by atoms with E-state index in [1.807, 2.05) is 30.3 Å². The number of furan rings is 1. The first-order chi connectivity index (χ1) is 14.9. The second-order valence-corrected chi connectivity index (χ2v) is 7.20. The summed E-state index contributed by atoms with van der Waals surface area (Å²) in [5.41, 5.74) is 3.13. The van der Waals surface area contributed by atoms with Gasteiger partial charge in [-0.1, -0.05) is 35.5 Å². The van der Waals surface area contributed by atoms with Gasteiger partial charge in [-0.3, -0.25) is 4.79 Å². The lowest BCUT2D eigenvalue weighted by atomic mass is 10.0. The third-order valence-corrected chi connectivity index (χ3v) is 5.03. The summed E-state index contributed by atoms with van der Waals surface area (Å²) in [6.07, 6.45) is 0. The molecule has 0 spiro atoms. The number of carbonyl (C=O) groups is 2. The molecular weight excluding hydrogens is 398 g/mol. The standard InChI is InChI=1S/C23H21N3O5/c1-13-20-18(11-19(24-21(20)31-25-13)15-8-6-5-7-9-15)22(27)26(3)12-16-10-17(14(2)30-16)23(28)29-4/h5-11H,12H2,1-4H3. The summed E-state index contributed by atoms with van der Waals surface area (Å²) in [6, 6.07) is 12.9. The van der Waals surface area contributed by atoms with Crippen molar-refractivity contribution in [2.45, 2.75) is 20.4 Å². The smallest absolute Gasteiger partial charge is 0.341 e. The number of aromatic nitrogens is 2. The maximum absolute atomic E-state index is 13.4. The van der Waals surface area contributed by atoms with Crippen LogP contribution in [-0.4, -0.2) is 41.1 Å². The second kappa shape index (κ2) is 8.06. The van der Waals surface area contributed by atoms with Gasteiger partial charge in [0.1, 0.15) is 17.1 Å². The van der Waals surface area contributed by atoms with Crippen molar-refractivity contribution in [1.29, 1.82) is 0 Å². The number of benzene rings is 1. The Balaban J connectivity index is 1.70. The lowest BCUT2D eigenvalue weighted by Gasteiger charge is -2.17. The van der Waals surface area contributed by atoms with Gasteiger partial charge in [-0.05, 0) is 26.0 Å². The summed E-state index contributed by atoms with van der Waals surface area (Å²) < 4.78 is 15.8. The van der Waals surface area contributed by atoms with Gasteiger partial charge in [0.25, 0.3) is 11.6 Å². The fraction of sp³-hybridized carbons (Fsp3) is 0.217. The Labute approximate surface area is 178 Å². The third-order valence-electron chi connectivity index (χ3n) is 5.03. The first kappa shape index (κ1) is 20.3. The zero-order chi connectivity index (χ0) is 22.1. The molecule has 1 aromatic carbocycles. The summed E-state index contributed by atoms with van der Waals surface area (Å²) in [5, 5.41) is 4.55. The minimum absolute atomic E-state index is 0.172. The Morgan fingerprint density at radius 1 is 1.10 bits per heavy atom. The number of methoxy groups -OCH3 is 1. The SMILES string of the molecule is COC(=O)c1cc(CN(C)C(=O)c2cc(-c3ccccc3)nc3onc(C)c23)oc1C. The van der Waals surface area contributed by atoms with E-state index in [2.05, 4.69) is 10.1 Å². The highest BCUT2D eigenvalue weighted by molar-refractivity contribution is 6.06. The number of fused-ring (bicyclic) bond motifs is 1. The molecule has 3 aromatic heterocycles. The van der Waals surface area contributed by atoms with Crippen molar-refractivity contribution in [2.24, 2.45) is 0 Å². The quantitative estimate of drug-likeness (QED) is 0.448. The number of hydrogen-bond donors (Lipinski definition) is 0. The van der Waals surface area contributed by atoms with Gasteiger partial charge in [-0.2, -0.15) is 0 Å². The van der Waals surface area contributed by atoms with Gasteiger partial charge in [0.15, 0.2) is 0 Å². The first-order valence-electron chi connectivity index (χ1n) is 9.64. The van der Waals surface area contributed by atoms with Crippen molar-refractivity contribution in [1.82, 2.24) is 15.0 Å². The van der Waals surface area contributed by atoms with Gasteiger partial charge in [-0.25, -0.2) is 9.78 Å². The molecule has 4 aromatic rings. The lowest BCUT2D eigenvalue weighted by molar-refractivity contribution is 0.0598. The van der Waals surface area contributed by atoms with E-state index in [1.165, 1.54) is 12.0 Å². The van der Waals surface area contributed by atoms with Crippen molar-refractivity contribution in [3.8, 4) is 11.3 Å². The van der Waals surface area contributed by atoms with Crippen molar-refractivity contribution >= 4 is 23.0 Å². The van der Waals surface area contributed by atoms with Gasteiger partial charge >= 0.3 is 5.97 Å². The molecule has 0 fully saturated rings. The van der Waals surface area contributed by atoms with Crippen molar-refractivity contribution in [3.05, 3.63) is 70.8 Å². The molecule has 0 bridgehead atoms.